The highest BCUT2D eigenvalue weighted by molar-refractivity contribution is 5.97. The van der Waals surface area contributed by atoms with Crippen molar-refractivity contribution in [3.63, 3.8) is 0 Å². The first-order chi connectivity index (χ1) is 11.7. The Hall–Kier alpha value is -2.57. The smallest absolute Gasteiger partial charge is 0.410 e. The third kappa shape index (κ3) is 5.48. The quantitative estimate of drug-likeness (QED) is 0.875. The van der Waals surface area contributed by atoms with Crippen LogP contribution in [0.2, 0.25) is 0 Å². The number of hydrogen-bond acceptors (Lipinski definition) is 4. The average molecular weight is 348 g/mol. The topological polar surface area (TPSA) is 95.9 Å². The molecule has 2 N–H and O–H groups in total. The Balaban J connectivity index is 1.87. The fourth-order valence-electron chi connectivity index (χ4n) is 2.60. The molecule has 7 nitrogen and oxygen atoms in total. The van der Waals surface area contributed by atoms with Gasteiger partial charge in [0.2, 0.25) is 0 Å². The normalized spacial score (nSPS) is 15.6. The van der Waals surface area contributed by atoms with Gasteiger partial charge in [-0.25, -0.2) is 9.59 Å². The number of aromatic carboxylic acids is 1. The standard InChI is InChI=1S/C18H24N2O5/c1-18(2,3)25-17(24)20-9-7-14(8-10-20)19-15(21)12-5-4-6-13(11-12)16(22)23/h4-6,11,14H,7-10H2,1-3H3,(H,19,21)(H,22,23). The lowest BCUT2D eigenvalue weighted by atomic mass is 10.0. The average Bonchev–Trinajstić information content (AvgIpc) is 2.54. The molecule has 0 atom stereocenters. The number of piperidine rings is 1. The van der Waals surface area contributed by atoms with Gasteiger partial charge in [0.15, 0.2) is 0 Å². The van der Waals surface area contributed by atoms with Crippen molar-refractivity contribution < 1.29 is 24.2 Å². The monoisotopic (exact) mass is 348 g/mol. The van der Waals surface area contributed by atoms with E-state index in [-0.39, 0.29) is 23.6 Å². The van der Waals surface area contributed by atoms with Gasteiger partial charge in [0, 0.05) is 24.7 Å². The fourth-order valence-corrected chi connectivity index (χ4v) is 2.60. The van der Waals surface area contributed by atoms with Crippen LogP contribution in [0.4, 0.5) is 4.79 Å². The van der Waals surface area contributed by atoms with Crippen LogP contribution in [0.1, 0.15) is 54.3 Å². The molecule has 2 rings (SSSR count). The van der Waals surface area contributed by atoms with Crippen LogP contribution in [-0.4, -0.2) is 52.7 Å². The number of likely N-dealkylation sites (tertiary alicyclic amines) is 1. The highest BCUT2D eigenvalue weighted by Gasteiger charge is 2.27. The Morgan fingerprint density at radius 1 is 1.16 bits per heavy atom. The zero-order chi connectivity index (χ0) is 18.6. The van der Waals surface area contributed by atoms with Crippen LogP contribution in [0.15, 0.2) is 24.3 Å². The van der Waals surface area contributed by atoms with E-state index in [1.807, 2.05) is 20.8 Å². The van der Waals surface area contributed by atoms with Gasteiger partial charge >= 0.3 is 12.1 Å². The van der Waals surface area contributed by atoms with Gasteiger partial charge in [0.05, 0.1) is 5.56 Å². The van der Waals surface area contributed by atoms with Crippen LogP contribution < -0.4 is 5.32 Å². The molecule has 1 aliphatic rings. The van der Waals surface area contributed by atoms with Crippen molar-refractivity contribution in [2.24, 2.45) is 0 Å². The molecule has 0 spiro atoms. The zero-order valence-electron chi connectivity index (χ0n) is 14.7. The molecule has 1 aromatic rings. The van der Waals surface area contributed by atoms with E-state index < -0.39 is 11.6 Å². The molecular weight excluding hydrogens is 324 g/mol. The predicted molar refractivity (Wildman–Crippen MR) is 91.7 cm³/mol. The minimum atomic E-state index is -1.07. The molecule has 0 aliphatic carbocycles. The highest BCUT2D eigenvalue weighted by Crippen LogP contribution is 2.16. The van der Waals surface area contributed by atoms with E-state index in [2.05, 4.69) is 5.32 Å². The molecule has 0 radical (unpaired) electrons. The minimum absolute atomic E-state index is 0.0559. The van der Waals surface area contributed by atoms with Crippen LogP contribution >= 0.6 is 0 Å². The van der Waals surface area contributed by atoms with Crippen molar-refractivity contribution in [1.82, 2.24) is 10.2 Å². The summed E-state index contributed by atoms with van der Waals surface area (Å²) in [6, 6.07) is 5.87. The lowest BCUT2D eigenvalue weighted by Crippen LogP contribution is -2.47. The molecule has 0 saturated carbocycles. The van der Waals surface area contributed by atoms with Crippen molar-refractivity contribution in [3.05, 3.63) is 35.4 Å². The summed E-state index contributed by atoms with van der Waals surface area (Å²) in [5.74, 6) is -1.38. The third-order valence-electron chi connectivity index (χ3n) is 3.85. The number of carbonyl (C=O) groups excluding carboxylic acids is 2. The van der Waals surface area contributed by atoms with Gasteiger partial charge in [-0.3, -0.25) is 4.79 Å². The maximum atomic E-state index is 12.3. The number of carboxylic acids is 1. The Morgan fingerprint density at radius 3 is 2.32 bits per heavy atom. The van der Waals surface area contributed by atoms with Crippen molar-refractivity contribution in [3.8, 4) is 0 Å². The van der Waals surface area contributed by atoms with Crippen molar-refractivity contribution in [2.75, 3.05) is 13.1 Å². The van der Waals surface area contributed by atoms with Gasteiger partial charge in [0.25, 0.3) is 5.91 Å². The third-order valence-corrected chi connectivity index (χ3v) is 3.85. The van der Waals surface area contributed by atoms with Gasteiger partial charge < -0.3 is 20.1 Å². The molecule has 0 aromatic heterocycles. The van der Waals surface area contributed by atoms with E-state index in [1.165, 1.54) is 12.1 Å². The molecule has 2 amide bonds. The van der Waals surface area contributed by atoms with Crippen molar-refractivity contribution in [1.29, 1.82) is 0 Å². The van der Waals surface area contributed by atoms with Crippen LogP contribution in [0.3, 0.4) is 0 Å². The van der Waals surface area contributed by atoms with E-state index in [0.717, 1.165) is 0 Å². The largest absolute Gasteiger partial charge is 0.478 e. The number of benzene rings is 1. The lowest BCUT2D eigenvalue weighted by Gasteiger charge is -2.33. The second-order valence-corrected chi connectivity index (χ2v) is 7.10. The molecule has 1 aromatic carbocycles. The summed E-state index contributed by atoms with van der Waals surface area (Å²) in [5, 5.41) is 11.9. The number of carbonyl (C=O) groups is 3. The number of nitrogens with zero attached hydrogens (tertiary/aromatic N) is 1. The number of ether oxygens (including phenoxy) is 1. The molecule has 1 saturated heterocycles. The number of nitrogens with one attached hydrogen (secondary N) is 1. The van der Waals surface area contributed by atoms with Crippen molar-refractivity contribution >= 4 is 18.0 Å². The maximum absolute atomic E-state index is 12.3. The van der Waals surface area contributed by atoms with Gasteiger partial charge in [0.1, 0.15) is 5.60 Å². The number of hydrogen-bond donors (Lipinski definition) is 2. The van der Waals surface area contributed by atoms with E-state index in [4.69, 9.17) is 9.84 Å². The molecular formula is C18H24N2O5. The SMILES string of the molecule is CC(C)(C)OC(=O)N1CCC(NC(=O)c2cccc(C(=O)O)c2)CC1. The van der Waals surface area contributed by atoms with E-state index in [9.17, 15) is 14.4 Å². The van der Waals surface area contributed by atoms with Crippen LogP contribution in [0, 0.1) is 0 Å². The first-order valence-electron chi connectivity index (χ1n) is 8.28. The minimum Gasteiger partial charge on any atom is -0.478 e. The van der Waals surface area contributed by atoms with Crippen LogP contribution in [-0.2, 0) is 4.74 Å². The fraction of sp³-hybridized carbons (Fsp3) is 0.500. The predicted octanol–water partition coefficient (Wildman–Crippen LogP) is 2.51. The molecule has 0 unspecified atom stereocenters. The summed E-state index contributed by atoms with van der Waals surface area (Å²) >= 11 is 0. The summed E-state index contributed by atoms with van der Waals surface area (Å²) < 4.78 is 5.34. The maximum Gasteiger partial charge on any atom is 0.410 e. The second-order valence-electron chi connectivity index (χ2n) is 7.10. The summed E-state index contributed by atoms with van der Waals surface area (Å²) in [5.41, 5.74) is -0.140. The first kappa shape index (κ1) is 18.8. The molecule has 1 fully saturated rings. The van der Waals surface area contributed by atoms with Gasteiger partial charge in [-0.05, 0) is 51.8 Å². The highest BCUT2D eigenvalue weighted by atomic mass is 16.6. The molecule has 25 heavy (non-hydrogen) atoms. The van der Waals surface area contributed by atoms with E-state index >= 15 is 0 Å². The lowest BCUT2D eigenvalue weighted by molar-refractivity contribution is 0.0199. The Bertz CT molecular complexity index is 658. The summed E-state index contributed by atoms with van der Waals surface area (Å²) in [7, 11) is 0. The molecule has 7 heteroatoms. The van der Waals surface area contributed by atoms with Crippen molar-refractivity contribution in [2.45, 2.75) is 45.3 Å². The number of amides is 2. The molecule has 1 heterocycles. The van der Waals surface area contributed by atoms with Gasteiger partial charge in [-0.15, -0.1) is 0 Å². The Kier molecular flexibility index (Phi) is 5.66. The van der Waals surface area contributed by atoms with Crippen LogP contribution in [0.5, 0.6) is 0 Å². The first-order valence-corrected chi connectivity index (χ1v) is 8.28. The molecule has 136 valence electrons. The number of rotatable bonds is 3. The Morgan fingerprint density at radius 2 is 1.76 bits per heavy atom. The summed E-state index contributed by atoms with van der Waals surface area (Å²) in [4.78, 5) is 36.9. The van der Waals surface area contributed by atoms with E-state index in [1.54, 1.807) is 17.0 Å². The number of carboxylic acid groups (broad SMARTS) is 1. The van der Waals surface area contributed by atoms with E-state index in [0.29, 0.717) is 31.5 Å². The second kappa shape index (κ2) is 7.55. The zero-order valence-corrected chi connectivity index (χ0v) is 14.7. The molecule has 0 bridgehead atoms. The summed E-state index contributed by atoms with van der Waals surface area (Å²) in [6.07, 6.45) is 0.916. The van der Waals surface area contributed by atoms with Gasteiger partial charge in [-0.2, -0.15) is 0 Å². The summed E-state index contributed by atoms with van der Waals surface area (Å²) in [6.45, 7) is 6.49. The van der Waals surface area contributed by atoms with Gasteiger partial charge in [-0.1, -0.05) is 6.07 Å². The van der Waals surface area contributed by atoms with Crippen LogP contribution in [0.25, 0.3) is 0 Å². The Labute approximate surface area is 147 Å². The molecule has 1 aliphatic heterocycles.